The Morgan fingerprint density at radius 2 is 2.04 bits per heavy atom. The van der Waals surface area contributed by atoms with Crippen LogP contribution in [0.4, 0.5) is 0 Å². The molecule has 0 radical (unpaired) electrons. The first-order valence-corrected chi connectivity index (χ1v) is 9.47. The van der Waals surface area contributed by atoms with Gasteiger partial charge in [0, 0.05) is 5.92 Å². The van der Waals surface area contributed by atoms with E-state index in [1.165, 1.54) is 0 Å². The van der Waals surface area contributed by atoms with E-state index in [-0.39, 0.29) is 23.8 Å². The fourth-order valence-electron chi connectivity index (χ4n) is 3.76. The van der Waals surface area contributed by atoms with Gasteiger partial charge >= 0.3 is 5.97 Å². The number of H-pyrrole nitrogens is 1. The van der Waals surface area contributed by atoms with E-state index in [0.29, 0.717) is 12.8 Å². The SMILES string of the molecule is CCC(C)C(NC(=O)C1CCCC(C(=O)O)C1)c1nc2ccccc2[nH]1. The zero-order chi connectivity index (χ0) is 18.7. The molecule has 2 aromatic rings. The number of aliphatic carboxylic acids is 1. The van der Waals surface area contributed by atoms with Crippen molar-refractivity contribution < 1.29 is 14.7 Å². The summed E-state index contributed by atoms with van der Waals surface area (Å²) in [5, 5.41) is 12.4. The summed E-state index contributed by atoms with van der Waals surface area (Å²) in [6, 6.07) is 7.61. The third-order valence-corrected chi connectivity index (χ3v) is 5.61. The van der Waals surface area contributed by atoms with Crippen molar-refractivity contribution in [1.29, 1.82) is 0 Å². The number of imidazole rings is 1. The normalized spacial score (nSPS) is 22.7. The van der Waals surface area contributed by atoms with Crippen molar-refractivity contribution in [2.24, 2.45) is 17.8 Å². The molecule has 1 heterocycles. The first kappa shape index (κ1) is 18.4. The summed E-state index contributed by atoms with van der Waals surface area (Å²) in [6.07, 6.45) is 3.53. The van der Waals surface area contributed by atoms with E-state index in [1.807, 2.05) is 24.3 Å². The lowest BCUT2D eigenvalue weighted by Gasteiger charge is -2.29. The molecule has 1 fully saturated rings. The van der Waals surface area contributed by atoms with Gasteiger partial charge in [0.1, 0.15) is 5.82 Å². The molecule has 1 amide bonds. The third kappa shape index (κ3) is 3.89. The minimum Gasteiger partial charge on any atom is -0.481 e. The number of nitrogens with one attached hydrogen (secondary N) is 2. The molecule has 4 atom stereocenters. The average Bonchev–Trinajstić information content (AvgIpc) is 3.09. The highest BCUT2D eigenvalue weighted by Crippen LogP contribution is 2.31. The number of benzene rings is 1. The second-order valence-corrected chi connectivity index (χ2v) is 7.41. The van der Waals surface area contributed by atoms with Gasteiger partial charge in [-0.15, -0.1) is 0 Å². The molecular formula is C20H27N3O3. The molecule has 140 valence electrons. The number of rotatable bonds is 6. The summed E-state index contributed by atoms with van der Waals surface area (Å²) in [6.45, 7) is 4.19. The number of carboxylic acid groups (broad SMARTS) is 1. The predicted octanol–water partition coefficient (Wildman–Crippen LogP) is 3.66. The van der Waals surface area contributed by atoms with Gasteiger partial charge in [0.2, 0.25) is 5.91 Å². The monoisotopic (exact) mass is 357 g/mol. The van der Waals surface area contributed by atoms with Crippen molar-refractivity contribution in [3.63, 3.8) is 0 Å². The third-order valence-electron chi connectivity index (χ3n) is 5.61. The van der Waals surface area contributed by atoms with Gasteiger partial charge in [-0.05, 0) is 37.3 Å². The van der Waals surface area contributed by atoms with Gasteiger partial charge in [0.05, 0.1) is 23.0 Å². The van der Waals surface area contributed by atoms with Crippen LogP contribution in [-0.2, 0) is 9.59 Å². The Labute approximate surface area is 153 Å². The molecule has 6 heteroatoms. The number of hydrogen-bond donors (Lipinski definition) is 3. The second kappa shape index (κ2) is 7.89. The van der Waals surface area contributed by atoms with Crippen LogP contribution in [0.15, 0.2) is 24.3 Å². The molecule has 1 aliphatic carbocycles. The van der Waals surface area contributed by atoms with Crippen LogP contribution < -0.4 is 5.32 Å². The fourth-order valence-corrected chi connectivity index (χ4v) is 3.76. The van der Waals surface area contributed by atoms with E-state index in [9.17, 15) is 14.7 Å². The van der Waals surface area contributed by atoms with Crippen molar-refractivity contribution in [1.82, 2.24) is 15.3 Å². The molecule has 0 aliphatic heterocycles. The number of para-hydroxylation sites is 2. The summed E-state index contributed by atoms with van der Waals surface area (Å²) in [5.74, 6) is -0.508. The van der Waals surface area contributed by atoms with Crippen LogP contribution in [0.1, 0.15) is 57.8 Å². The molecule has 3 rings (SSSR count). The number of amides is 1. The maximum absolute atomic E-state index is 12.8. The van der Waals surface area contributed by atoms with Gasteiger partial charge in [-0.2, -0.15) is 0 Å². The van der Waals surface area contributed by atoms with Crippen molar-refractivity contribution >= 4 is 22.9 Å². The number of carboxylic acids is 1. The Morgan fingerprint density at radius 1 is 1.31 bits per heavy atom. The van der Waals surface area contributed by atoms with Gasteiger partial charge < -0.3 is 15.4 Å². The van der Waals surface area contributed by atoms with E-state index >= 15 is 0 Å². The van der Waals surface area contributed by atoms with Gasteiger partial charge in [-0.25, -0.2) is 4.98 Å². The largest absolute Gasteiger partial charge is 0.481 e. The van der Waals surface area contributed by atoms with Gasteiger partial charge in [0.15, 0.2) is 0 Å². The number of aromatic nitrogens is 2. The maximum Gasteiger partial charge on any atom is 0.306 e. The maximum atomic E-state index is 12.8. The lowest BCUT2D eigenvalue weighted by atomic mass is 9.80. The number of aromatic amines is 1. The van der Waals surface area contributed by atoms with E-state index in [1.54, 1.807) is 0 Å². The molecule has 1 aliphatic rings. The number of nitrogens with zero attached hydrogens (tertiary/aromatic N) is 1. The Morgan fingerprint density at radius 3 is 2.73 bits per heavy atom. The standard InChI is InChI=1S/C20H27N3O3/c1-3-12(2)17(18-21-15-9-4-5-10-16(15)22-18)23-19(24)13-7-6-8-14(11-13)20(25)26/h4-5,9-10,12-14,17H,3,6-8,11H2,1-2H3,(H,21,22)(H,23,24)(H,25,26). The Hall–Kier alpha value is -2.37. The average molecular weight is 357 g/mol. The molecular weight excluding hydrogens is 330 g/mol. The Balaban J connectivity index is 1.78. The summed E-state index contributed by atoms with van der Waals surface area (Å²) in [4.78, 5) is 32.1. The summed E-state index contributed by atoms with van der Waals surface area (Å²) in [7, 11) is 0. The quantitative estimate of drug-likeness (QED) is 0.735. The smallest absolute Gasteiger partial charge is 0.306 e. The summed E-state index contributed by atoms with van der Waals surface area (Å²) < 4.78 is 0. The predicted molar refractivity (Wildman–Crippen MR) is 99.5 cm³/mol. The van der Waals surface area contributed by atoms with Crippen LogP contribution in [0.2, 0.25) is 0 Å². The van der Waals surface area contributed by atoms with Crippen LogP contribution in [0.3, 0.4) is 0 Å². The molecule has 3 N–H and O–H groups in total. The number of hydrogen-bond acceptors (Lipinski definition) is 3. The van der Waals surface area contributed by atoms with Crippen molar-refractivity contribution in [2.45, 2.75) is 52.0 Å². The van der Waals surface area contributed by atoms with Crippen LogP contribution >= 0.6 is 0 Å². The molecule has 1 aromatic heterocycles. The van der Waals surface area contributed by atoms with Crippen LogP contribution in [-0.4, -0.2) is 27.0 Å². The first-order chi connectivity index (χ1) is 12.5. The summed E-state index contributed by atoms with van der Waals surface area (Å²) in [5.41, 5.74) is 1.84. The molecule has 0 bridgehead atoms. The lowest BCUT2D eigenvalue weighted by Crippen LogP contribution is -2.39. The van der Waals surface area contributed by atoms with Crippen LogP contribution in [0, 0.1) is 17.8 Å². The van der Waals surface area contributed by atoms with Crippen molar-refractivity contribution in [3.8, 4) is 0 Å². The molecule has 1 saturated carbocycles. The molecule has 6 nitrogen and oxygen atoms in total. The molecule has 4 unspecified atom stereocenters. The van der Waals surface area contributed by atoms with E-state index in [2.05, 4.69) is 29.1 Å². The van der Waals surface area contributed by atoms with Crippen LogP contribution in [0.25, 0.3) is 11.0 Å². The fraction of sp³-hybridized carbons (Fsp3) is 0.550. The highest BCUT2D eigenvalue weighted by atomic mass is 16.4. The minimum atomic E-state index is -0.793. The molecule has 0 spiro atoms. The number of carbonyl (C=O) groups excluding carboxylic acids is 1. The zero-order valence-electron chi connectivity index (χ0n) is 15.4. The number of carbonyl (C=O) groups is 2. The minimum absolute atomic E-state index is 0.0540. The van der Waals surface area contributed by atoms with Gasteiger partial charge in [-0.3, -0.25) is 9.59 Å². The van der Waals surface area contributed by atoms with Crippen LogP contribution in [0.5, 0.6) is 0 Å². The molecule has 1 aromatic carbocycles. The number of fused-ring (bicyclic) bond motifs is 1. The Bertz CT molecular complexity index is 752. The first-order valence-electron chi connectivity index (χ1n) is 9.47. The molecule has 0 saturated heterocycles. The topological polar surface area (TPSA) is 95.1 Å². The molecule has 26 heavy (non-hydrogen) atoms. The van der Waals surface area contributed by atoms with Gasteiger partial charge in [0.25, 0.3) is 0 Å². The van der Waals surface area contributed by atoms with Crippen molar-refractivity contribution in [2.75, 3.05) is 0 Å². The lowest BCUT2D eigenvalue weighted by molar-refractivity contribution is -0.144. The van der Waals surface area contributed by atoms with Gasteiger partial charge in [-0.1, -0.05) is 38.8 Å². The second-order valence-electron chi connectivity index (χ2n) is 7.41. The Kier molecular flexibility index (Phi) is 5.59. The highest BCUT2D eigenvalue weighted by molar-refractivity contribution is 5.81. The van der Waals surface area contributed by atoms with E-state index < -0.39 is 11.9 Å². The van der Waals surface area contributed by atoms with E-state index in [0.717, 1.165) is 36.1 Å². The highest BCUT2D eigenvalue weighted by Gasteiger charge is 2.33. The zero-order valence-corrected chi connectivity index (χ0v) is 15.4. The van der Waals surface area contributed by atoms with E-state index in [4.69, 9.17) is 0 Å². The van der Waals surface area contributed by atoms with Crippen molar-refractivity contribution in [3.05, 3.63) is 30.1 Å². The summed E-state index contributed by atoms with van der Waals surface area (Å²) >= 11 is 0.